The molecule has 3 amide bonds. The molecule has 0 saturated heterocycles. The van der Waals surface area contributed by atoms with Gasteiger partial charge in [0.05, 0.1) is 6.61 Å². The van der Waals surface area contributed by atoms with Crippen LogP contribution in [0.25, 0.3) is 0 Å². The van der Waals surface area contributed by atoms with Crippen LogP contribution in [0.2, 0.25) is 18.8 Å². The van der Waals surface area contributed by atoms with E-state index in [1.54, 1.807) is 18.9 Å². The van der Waals surface area contributed by atoms with Crippen molar-refractivity contribution in [2.24, 2.45) is 0 Å². The first-order chi connectivity index (χ1) is 26.9. The Balaban J connectivity index is 2.70. The number of aliphatic hydroxyl groups excluding tert-OH is 1. The number of carbonyl (C=O) groups is 4. The Morgan fingerprint density at radius 1 is 0.750 bits per heavy atom. The standard InChI is InChI=1S/C42H70N3O7.3CH3.Sn/c1-6-11-12-13-14-15-24-34(23-7-2)35-25-16-17-26-36(35)45(37-27-18-19-28-38(37)46)42(50)44(32-22-30-41(49)52-33-8-3)43(39(47)9-4)31-21-20-29-40(48)51-10-5;;;;/h16-17,25-26,28,34,37-38,46H,6-15,18-24,27,29-33H2,1-5H3;3*1H3;. The third-order valence-corrected chi connectivity index (χ3v) is 19.4. The van der Waals surface area contributed by atoms with Gasteiger partial charge in [0.15, 0.2) is 0 Å². The molecule has 4 unspecified atom stereocenters. The normalized spacial score (nSPS) is 17.6. The van der Waals surface area contributed by atoms with Crippen LogP contribution in [0.3, 0.4) is 0 Å². The van der Waals surface area contributed by atoms with Crippen LogP contribution in [0.5, 0.6) is 0 Å². The average Bonchev–Trinajstić information content (AvgIpc) is 3.17. The van der Waals surface area contributed by atoms with Gasteiger partial charge in [0.1, 0.15) is 0 Å². The van der Waals surface area contributed by atoms with Crippen molar-refractivity contribution in [1.82, 2.24) is 10.0 Å². The predicted molar refractivity (Wildman–Crippen MR) is 230 cm³/mol. The van der Waals surface area contributed by atoms with Gasteiger partial charge in [-0.05, 0) is 13.3 Å². The van der Waals surface area contributed by atoms with Crippen molar-refractivity contribution < 1.29 is 33.8 Å². The maximum atomic E-state index is 15.6. The number of rotatable bonds is 26. The second kappa shape index (κ2) is 27.4. The molecule has 10 nitrogen and oxygen atoms in total. The Morgan fingerprint density at radius 2 is 1.41 bits per heavy atom. The summed E-state index contributed by atoms with van der Waals surface area (Å²) in [6.07, 6.45) is 14.7. The molecular formula is C45H79N3O7Sn. The number of unbranched alkanes of at least 4 members (excludes halogenated alkanes) is 6. The van der Waals surface area contributed by atoms with Gasteiger partial charge in [-0.25, -0.2) is 0 Å². The number of hydrogen-bond donors (Lipinski definition) is 1. The maximum absolute atomic E-state index is 15.6. The first-order valence-electron chi connectivity index (χ1n) is 22.3. The third-order valence-electron chi connectivity index (χ3n) is 11.3. The zero-order valence-corrected chi connectivity index (χ0v) is 39.5. The monoisotopic (exact) mass is 893 g/mol. The van der Waals surface area contributed by atoms with Crippen molar-refractivity contribution in [1.29, 1.82) is 0 Å². The van der Waals surface area contributed by atoms with Gasteiger partial charge in [-0.1, -0.05) is 26.7 Å². The molecule has 0 heterocycles. The molecule has 1 saturated carbocycles. The van der Waals surface area contributed by atoms with E-state index in [2.05, 4.69) is 40.8 Å². The number of esters is 2. The summed E-state index contributed by atoms with van der Waals surface area (Å²) in [6.45, 7) is 11.0. The van der Waals surface area contributed by atoms with Gasteiger partial charge in [-0.3, -0.25) is 4.79 Å². The van der Waals surface area contributed by atoms with Crippen molar-refractivity contribution in [3.63, 3.8) is 0 Å². The Hall–Kier alpha value is -2.34. The second-order valence-corrected chi connectivity index (χ2v) is 32.4. The summed E-state index contributed by atoms with van der Waals surface area (Å²) in [5, 5.41) is 15.4. The summed E-state index contributed by atoms with van der Waals surface area (Å²) >= 11 is -2.68. The Kier molecular flexibility index (Phi) is 24.3. The van der Waals surface area contributed by atoms with E-state index in [0.717, 1.165) is 56.2 Å². The summed E-state index contributed by atoms with van der Waals surface area (Å²) in [5.41, 5.74) is 1.94. The molecule has 1 aromatic carbocycles. The molecule has 1 aromatic rings. The molecule has 1 aliphatic carbocycles. The molecule has 56 heavy (non-hydrogen) atoms. The average molecular weight is 893 g/mol. The molecule has 0 bridgehead atoms. The van der Waals surface area contributed by atoms with E-state index in [0.29, 0.717) is 38.9 Å². The number of para-hydroxylation sites is 1. The summed E-state index contributed by atoms with van der Waals surface area (Å²) in [6, 6.07) is 7.44. The van der Waals surface area contributed by atoms with Crippen molar-refractivity contribution in [3.8, 4) is 0 Å². The zero-order valence-electron chi connectivity index (χ0n) is 36.6. The molecule has 1 N–H and O–H groups in total. The van der Waals surface area contributed by atoms with E-state index >= 15 is 4.79 Å². The molecule has 4 atom stereocenters. The molecule has 320 valence electrons. The van der Waals surface area contributed by atoms with Crippen molar-refractivity contribution in [2.75, 3.05) is 31.2 Å². The first-order valence-corrected chi connectivity index (χ1v) is 32.6. The molecule has 0 aliphatic heterocycles. The number of amides is 3. The van der Waals surface area contributed by atoms with E-state index in [1.165, 1.54) is 37.1 Å². The van der Waals surface area contributed by atoms with Crippen LogP contribution in [-0.4, -0.2) is 95.8 Å². The fourth-order valence-corrected chi connectivity index (χ4v) is 14.9. The Labute approximate surface area is 344 Å². The van der Waals surface area contributed by atoms with Crippen LogP contribution < -0.4 is 4.90 Å². The van der Waals surface area contributed by atoms with E-state index in [9.17, 15) is 19.5 Å². The Bertz CT molecular complexity index is 1300. The van der Waals surface area contributed by atoms with Crippen LogP contribution >= 0.6 is 0 Å². The van der Waals surface area contributed by atoms with E-state index in [1.807, 2.05) is 24.0 Å². The predicted octanol–water partition coefficient (Wildman–Crippen LogP) is 10.8. The summed E-state index contributed by atoms with van der Waals surface area (Å²) in [4.78, 5) is 63.3. The Morgan fingerprint density at radius 3 is 2.07 bits per heavy atom. The number of benzene rings is 1. The molecule has 11 heteroatoms. The summed E-state index contributed by atoms with van der Waals surface area (Å²) in [5.74, 6) is -0.579. The molecule has 2 rings (SSSR count). The molecular weight excluding hydrogens is 813 g/mol. The van der Waals surface area contributed by atoms with Gasteiger partial charge in [0.25, 0.3) is 0 Å². The van der Waals surface area contributed by atoms with Crippen molar-refractivity contribution in [2.45, 2.75) is 193 Å². The summed E-state index contributed by atoms with van der Waals surface area (Å²) in [7, 11) is 0. The molecule has 1 aliphatic rings. The molecule has 0 aromatic heterocycles. The number of ether oxygens (including phenoxy) is 2. The topological polar surface area (TPSA) is 117 Å². The van der Waals surface area contributed by atoms with Crippen LogP contribution in [-0.2, 0) is 23.9 Å². The van der Waals surface area contributed by atoms with Crippen LogP contribution in [0.4, 0.5) is 10.5 Å². The van der Waals surface area contributed by atoms with Crippen LogP contribution in [0.1, 0.15) is 168 Å². The van der Waals surface area contributed by atoms with Gasteiger partial charge in [-0.2, -0.15) is 0 Å². The molecule has 1 fully saturated rings. The fraction of sp³-hybridized carbons (Fsp3) is 0.778. The minimum atomic E-state index is -2.68. The van der Waals surface area contributed by atoms with Gasteiger partial charge in [0.2, 0.25) is 0 Å². The van der Waals surface area contributed by atoms with E-state index in [-0.39, 0.29) is 66.1 Å². The number of hydrogen-bond acceptors (Lipinski definition) is 7. The third kappa shape index (κ3) is 16.5. The first kappa shape index (κ1) is 49.8. The number of aliphatic hydroxyl groups is 1. The number of hydrazine groups is 1. The number of anilines is 1. The molecule has 0 radical (unpaired) electrons. The van der Waals surface area contributed by atoms with Crippen molar-refractivity contribution >= 4 is 47.9 Å². The van der Waals surface area contributed by atoms with Crippen LogP contribution in [0.15, 0.2) is 24.3 Å². The van der Waals surface area contributed by atoms with E-state index in [4.69, 9.17) is 9.47 Å². The van der Waals surface area contributed by atoms with Gasteiger partial charge in [-0.15, -0.1) is 0 Å². The fourth-order valence-electron chi connectivity index (χ4n) is 8.27. The van der Waals surface area contributed by atoms with Crippen LogP contribution in [0, 0.1) is 0 Å². The van der Waals surface area contributed by atoms with Gasteiger partial charge < -0.3 is 4.74 Å². The number of carbonyl (C=O) groups excluding carboxylic acids is 4. The van der Waals surface area contributed by atoms with Gasteiger partial charge in [0, 0.05) is 0 Å². The minimum absolute atomic E-state index is 0.112. The number of urea groups is 1. The molecule has 0 spiro atoms. The van der Waals surface area contributed by atoms with Crippen molar-refractivity contribution in [3.05, 3.63) is 29.8 Å². The summed E-state index contributed by atoms with van der Waals surface area (Å²) < 4.78 is 10.7. The SMILES string of the molecule is CCCCCCCCC(CCC)c1ccccc1N(C(=O)N(CCCC(=O)OCCC)N(CCCCC(=O)OCC)C(=O)CC)C1CCC[CH]([Sn]([CH3])([CH3])[CH3])C1O. The van der Waals surface area contributed by atoms with Gasteiger partial charge >= 0.3 is 290 Å². The quantitative estimate of drug-likeness (QED) is 0.0426. The number of nitrogens with zero attached hydrogens (tertiary/aromatic N) is 3. The second-order valence-electron chi connectivity index (χ2n) is 16.8. The van der Waals surface area contributed by atoms with E-state index < -0.39 is 30.5 Å². The zero-order chi connectivity index (χ0) is 41.5.